The third kappa shape index (κ3) is 4.89. The van der Waals surface area contributed by atoms with Crippen LogP contribution < -0.4 is 10.2 Å². The van der Waals surface area contributed by atoms with Crippen LogP contribution in [0.2, 0.25) is 0 Å². The second-order valence-corrected chi connectivity index (χ2v) is 4.21. The number of phenols is 1. The maximum Gasteiger partial charge on any atom is 0.323 e. The van der Waals surface area contributed by atoms with Crippen molar-refractivity contribution < 1.29 is 19.8 Å². The fourth-order valence-corrected chi connectivity index (χ4v) is 1.38. The van der Waals surface area contributed by atoms with Crippen LogP contribution in [0.1, 0.15) is 0 Å². The second kappa shape index (κ2) is 6.65. The first-order chi connectivity index (χ1) is 8.90. The van der Waals surface area contributed by atoms with E-state index in [9.17, 15) is 14.7 Å². The molecule has 0 spiro atoms. The number of carboxylic acid groups (broad SMARTS) is 1. The average Bonchev–Trinajstić information content (AvgIpc) is 2.34. The summed E-state index contributed by atoms with van der Waals surface area (Å²) in [5.41, 5.74) is 0.345. The molecule has 0 saturated carbocycles. The topological polar surface area (TPSA) is 89.9 Å². The molecule has 2 amide bonds. The minimum Gasteiger partial charge on any atom is -0.508 e. The molecule has 7 heteroatoms. The van der Waals surface area contributed by atoms with Crippen LogP contribution in [0.25, 0.3) is 0 Å². The number of rotatable bonds is 5. The van der Waals surface area contributed by atoms with Gasteiger partial charge in [-0.2, -0.15) is 0 Å². The Balaban J connectivity index is 2.87. The van der Waals surface area contributed by atoms with Gasteiger partial charge in [-0.25, -0.2) is 4.79 Å². The van der Waals surface area contributed by atoms with Crippen LogP contribution in [0.5, 0.6) is 5.75 Å². The quantitative estimate of drug-likeness (QED) is 0.768. The summed E-state index contributed by atoms with van der Waals surface area (Å²) in [5.74, 6) is -1.14. The van der Waals surface area contributed by atoms with Gasteiger partial charge >= 0.3 is 12.0 Å². The first-order valence-electron chi connectivity index (χ1n) is 5.29. The molecule has 0 aliphatic carbocycles. The Labute approximate surface area is 114 Å². The molecule has 3 N–H and O–H groups in total. The van der Waals surface area contributed by atoms with Crippen LogP contribution >= 0.6 is 11.6 Å². The largest absolute Gasteiger partial charge is 0.508 e. The zero-order valence-electron chi connectivity index (χ0n) is 9.97. The fourth-order valence-electron chi connectivity index (χ4n) is 1.32. The average molecular weight is 285 g/mol. The highest BCUT2D eigenvalue weighted by Crippen LogP contribution is 2.18. The molecule has 0 fully saturated rings. The monoisotopic (exact) mass is 284 g/mol. The maximum atomic E-state index is 11.9. The van der Waals surface area contributed by atoms with Crippen LogP contribution in [0, 0.1) is 0 Å². The van der Waals surface area contributed by atoms with Gasteiger partial charge in [-0.3, -0.25) is 9.69 Å². The lowest BCUT2D eigenvalue weighted by molar-refractivity contribution is -0.135. The maximum absolute atomic E-state index is 11.9. The lowest BCUT2D eigenvalue weighted by Gasteiger charge is -2.21. The number of carbonyl (C=O) groups excluding carboxylic acids is 1. The summed E-state index contributed by atoms with van der Waals surface area (Å²) < 4.78 is 0. The van der Waals surface area contributed by atoms with Crippen LogP contribution in [0.15, 0.2) is 35.9 Å². The lowest BCUT2D eigenvalue weighted by Crippen LogP contribution is -2.43. The van der Waals surface area contributed by atoms with Crippen LogP contribution in [0.4, 0.5) is 10.5 Å². The molecule has 0 saturated heterocycles. The van der Waals surface area contributed by atoms with Crippen molar-refractivity contribution in [3.8, 4) is 5.75 Å². The van der Waals surface area contributed by atoms with Crippen molar-refractivity contribution in [2.24, 2.45) is 0 Å². The van der Waals surface area contributed by atoms with E-state index >= 15 is 0 Å². The summed E-state index contributed by atoms with van der Waals surface area (Å²) in [6.45, 7) is 2.94. The van der Waals surface area contributed by atoms with Crippen molar-refractivity contribution in [1.82, 2.24) is 5.32 Å². The van der Waals surface area contributed by atoms with Gasteiger partial charge in [0.15, 0.2) is 0 Å². The number of nitrogens with zero attached hydrogens (tertiary/aromatic N) is 1. The molecule has 102 valence electrons. The Kier molecular flexibility index (Phi) is 5.20. The Morgan fingerprint density at radius 2 is 1.89 bits per heavy atom. The molecule has 0 atom stereocenters. The van der Waals surface area contributed by atoms with Crippen molar-refractivity contribution in [3.63, 3.8) is 0 Å². The molecule has 0 unspecified atom stereocenters. The number of nitrogens with one attached hydrogen (secondary N) is 1. The van der Waals surface area contributed by atoms with Crippen LogP contribution in [-0.2, 0) is 4.79 Å². The summed E-state index contributed by atoms with van der Waals surface area (Å²) in [4.78, 5) is 23.7. The van der Waals surface area contributed by atoms with E-state index in [1.807, 2.05) is 0 Å². The van der Waals surface area contributed by atoms with E-state index in [1.165, 1.54) is 24.3 Å². The minimum atomic E-state index is -1.16. The van der Waals surface area contributed by atoms with E-state index in [1.54, 1.807) is 0 Å². The number of halogens is 1. The molecule has 0 aliphatic rings. The van der Waals surface area contributed by atoms with Gasteiger partial charge < -0.3 is 15.5 Å². The minimum absolute atomic E-state index is 0.0218. The van der Waals surface area contributed by atoms with Gasteiger partial charge in [0, 0.05) is 10.7 Å². The highest BCUT2D eigenvalue weighted by molar-refractivity contribution is 6.29. The number of benzene rings is 1. The van der Waals surface area contributed by atoms with Crippen molar-refractivity contribution >= 4 is 29.3 Å². The Hall–Kier alpha value is -2.21. The van der Waals surface area contributed by atoms with Crippen molar-refractivity contribution in [2.75, 3.05) is 18.0 Å². The molecule has 0 radical (unpaired) electrons. The molecule has 0 bridgehead atoms. The van der Waals surface area contributed by atoms with Gasteiger partial charge in [-0.1, -0.05) is 18.2 Å². The van der Waals surface area contributed by atoms with E-state index in [4.69, 9.17) is 16.7 Å². The van der Waals surface area contributed by atoms with Gasteiger partial charge in [0.05, 0.1) is 6.54 Å². The predicted molar refractivity (Wildman–Crippen MR) is 71.5 cm³/mol. The molecule has 0 aromatic heterocycles. The number of urea groups is 1. The van der Waals surface area contributed by atoms with Gasteiger partial charge in [-0.05, 0) is 24.3 Å². The summed E-state index contributed by atoms with van der Waals surface area (Å²) in [6.07, 6.45) is 0. The number of carbonyl (C=O) groups is 2. The smallest absolute Gasteiger partial charge is 0.323 e. The number of phenolic OH excluding ortho intramolecular Hbond substituents is 1. The fraction of sp³-hybridized carbons (Fsp3) is 0.167. The van der Waals surface area contributed by atoms with E-state index in [0.717, 1.165) is 4.90 Å². The van der Waals surface area contributed by atoms with Gasteiger partial charge in [0.25, 0.3) is 0 Å². The van der Waals surface area contributed by atoms with Gasteiger partial charge in [0.2, 0.25) is 0 Å². The number of aliphatic carboxylic acids is 1. The lowest BCUT2D eigenvalue weighted by atomic mass is 10.3. The highest BCUT2D eigenvalue weighted by Gasteiger charge is 2.18. The molecule has 6 nitrogen and oxygen atoms in total. The Morgan fingerprint density at radius 1 is 1.32 bits per heavy atom. The number of amides is 2. The molecular weight excluding hydrogens is 272 g/mol. The SMILES string of the molecule is C=C(Cl)CNC(=O)N(CC(=O)O)c1ccc(O)cc1. The molecule has 0 heterocycles. The summed E-state index contributed by atoms with van der Waals surface area (Å²) in [6, 6.07) is 4.98. The Bertz CT molecular complexity index is 487. The van der Waals surface area contributed by atoms with Crippen molar-refractivity contribution in [3.05, 3.63) is 35.9 Å². The zero-order chi connectivity index (χ0) is 14.4. The number of hydrogen-bond donors (Lipinski definition) is 3. The highest BCUT2D eigenvalue weighted by atomic mass is 35.5. The number of carboxylic acids is 1. The summed E-state index contributed by atoms with van der Waals surface area (Å²) in [7, 11) is 0. The molecule has 1 aromatic rings. The van der Waals surface area contributed by atoms with Crippen LogP contribution in [0.3, 0.4) is 0 Å². The van der Waals surface area contributed by atoms with E-state index in [2.05, 4.69) is 11.9 Å². The van der Waals surface area contributed by atoms with Gasteiger partial charge in [0.1, 0.15) is 12.3 Å². The number of hydrogen-bond acceptors (Lipinski definition) is 3. The first kappa shape index (κ1) is 14.8. The third-order valence-corrected chi connectivity index (χ3v) is 2.26. The summed E-state index contributed by atoms with van der Waals surface area (Å²) >= 11 is 5.52. The molecule has 0 aliphatic heterocycles. The zero-order valence-corrected chi connectivity index (χ0v) is 10.7. The van der Waals surface area contributed by atoms with E-state index in [-0.39, 0.29) is 17.3 Å². The molecule has 1 aromatic carbocycles. The molecule has 19 heavy (non-hydrogen) atoms. The molecular formula is C12H13ClN2O4. The van der Waals surface area contributed by atoms with Gasteiger partial charge in [-0.15, -0.1) is 0 Å². The predicted octanol–water partition coefficient (Wildman–Crippen LogP) is 1.75. The van der Waals surface area contributed by atoms with E-state index < -0.39 is 18.5 Å². The molecule has 1 rings (SSSR count). The first-order valence-corrected chi connectivity index (χ1v) is 5.67. The third-order valence-electron chi connectivity index (χ3n) is 2.13. The Morgan fingerprint density at radius 3 is 2.37 bits per heavy atom. The van der Waals surface area contributed by atoms with Crippen molar-refractivity contribution in [1.29, 1.82) is 0 Å². The van der Waals surface area contributed by atoms with Crippen molar-refractivity contribution in [2.45, 2.75) is 0 Å². The normalized spacial score (nSPS) is 9.74. The van der Waals surface area contributed by atoms with E-state index in [0.29, 0.717) is 5.69 Å². The number of aromatic hydroxyl groups is 1. The number of anilines is 1. The standard InChI is InChI=1S/C12H13ClN2O4/c1-8(13)6-14-12(19)15(7-11(17)18)9-2-4-10(16)5-3-9/h2-5,16H,1,6-7H2,(H,14,19)(H,17,18). The summed E-state index contributed by atoms with van der Waals surface area (Å²) in [5, 5.41) is 20.6. The second-order valence-electron chi connectivity index (χ2n) is 3.67. The van der Waals surface area contributed by atoms with Crippen LogP contribution in [-0.4, -0.2) is 35.3 Å².